The quantitative estimate of drug-likeness (QED) is 0.876. The second-order valence-electron chi connectivity index (χ2n) is 4.06. The monoisotopic (exact) mass is 315 g/mol. The van der Waals surface area contributed by atoms with Crippen LogP contribution in [-0.2, 0) is 7.05 Å². The molecule has 0 aliphatic rings. The summed E-state index contributed by atoms with van der Waals surface area (Å²) in [5, 5.41) is 7.03. The third-order valence-electron chi connectivity index (χ3n) is 2.61. The van der Waals surface area contributed by atoms with Crippen molar-refractivity contribution in [1.82, 2.24) is 9.78 Å². The molecule has 1 aromatic heterocycles. The highest BCUT2D eigenvalue weighted by atomic mass is 79.9. The molecule has 0 amide bonds. The number of hydrogen-bond donors (Lipinski definition) is 1. The van der Waals surface area contributed by atoms with Crippen LogP contribution in [-0.4, -0.2) is 9.78 Å². The molecular weight excluding hydrogens is 304 g/mol. The van der Waals surface area contributed by atoms with Crippen LogP contribution in [0.2, 0.25) is 0 Å². The smallest absolute Gasteiger partial charge is 0.149 e. The highest BCUT2D eigenvalue weighted by Gasteiger charge is 2.12. The summed E-state index contributed by atoms with van der Waals surface area (Å²) in [4.78, 5) is 0. The number of hydrogen-bond acceptors (Lipinski definition) is 2. The van der Waals surface area contributed by atoms with Gasteiger partial charge in [-0.25, -0.2) is 8.78 Å². The number of rotatable bonds is 3. The third-order valence-corrected chi connectivity index (χ3v) is 3.21. The van der Waals surface area contributed by atoms with Crippen molar-refractivity contribution in [2.24, 2.45) is 7.05 Å². The molecule has 0 radical (unpaired) electrons. The van der Waals surface area contributed by atoms with Crippen LogP contribution in [0.1, 0.15) is 18.5 Å². The van der Waals surface area contributed by atoms with Crippen molar-refractivity contribution in [3.8, 4) is 0 Å². The number of benzene rings is 1. The molecule has 1 aromatic carbocycles. The van der Waals surface area contributed by atoms with Crippen molar-refractivity contribution in [2.45, 2.75) is 13.0 Å². The van der Waals surface area contributed by atoms with E-state index in [1.54, 1.807) is 10.9 Å². The van der Waals surface area contributed by atoms with Crippen molar-refractivity contribution in [3.63, 3.8) is 0 Å². The van der Waals surface area contributed by atoms with Crippen molar-refractivity contribution < 1.29 is 8.78 Å². The van der Waals surface area contributed by atoms with Crippen LogP contribution in [0.15, 0.2) is 29.0 Å². The van der Waals surface area contributed by atoms with E-state index in [0.29, 0.717) is 0 Å². The summed E-state index contributed by atoms with van der Waals surface area (Å²) in [5.41, 5.74) is 1.18. The van der Waals surface area contributed by atoms with Gasteiger partial charge < -0.3 is 5.32 Å². The molecule has 0 saturated carbocycles. The lowest BCUT2D eigenvalue weighted by Crippen LogP contribution is -2.07. The predicted molar refractivity (Wildman–Crippen MR) is 69.3 cm³/mol. The van der Waals surface area contributed by atoms with Gasteiger partial charge in [-0.2, -0.15) is 5.10 Å². The molecule has 1 atom stereocenters. The largest absolute Gasteiger partial charge is 0.376 e. The summed E-state index contributed by atoms with van der Waals surface area (Å²) in [6.07, 6.45) is 3.54. The molecule has 0 spiro atoms. The number of halogens is 3. The standard InChI is InChI=1S/C12H12BrF2N3/c1-7(8-5-16-18(2)6-8)17-12-3-9(13)10(14)4-11(12)15/h3-7,17H,1-2H3. The Bertz CT molecular complexity index is 568. The topological polar surface area (TPSA) is 29.9 Å². The van der Waals surface area contributed by atoms with Gasteiger partial charge in [0.1, 0.15) is 11.6 Å². The summed E-state index contributed by atoms with van der Waals surface area (Å²) in [6, 6.07) is 2.12. The first-order valence-corrected chi connectivity index (χ1v) is 6.16. The van der Waals surface area contributed by atoms with Crippen LogP contribution < -0.4 is 5.32 Å². The van der Waals surface area contributed by atoms with Crippen molar-refractivity contribution in [3.05, 3.63) is 46.2 Å². The third kappa shape index (κ3) is 2.69. The molecule has 1 heterocycles. The molecule has 2 rings (SSSR count). The number of aromatic nitrogens is 2. The van der Waals surface area contributed by atoms with Crippen LogP contribution in [0.3, 0.4) is 0 Å². The Labute approximate surface area is 112 Å². The Morgan fingerprint density at radius 2 is 2.06 bits per heavy atom. The maximum atomic E-state index is 13.6. The van der Waals surface area contributed by atoms with Gasteiger partial charge in [0.15, 0.2) is 0 Å². The highest BCUT2D eigenvalue weighted by molar-refractivity contribution is 9.10. The average Bonchev–Trinajstić information content (AvgIpc) is 2.73. The Morgan fingerprint density at radius 3 is 2.67 bits per heavy atom. The lowest BCUT2D eigenvalue weighted by Gasteiger charge is -2.14. The minimum absolute atomic E-state index is 0.120. The number of anilines is 1. The van der Waals surface area contributed by atoms with Crippen LogP contribution >= 0.6 is 15.9 Å². The van der Waals surface area contributed by atoms with Crippen molar-refractivity contribution >= 4 is 21.6 Å². The maximum Gasteiger partial charge on any atom is 0.149 e. The fourth-order valence-corrected chi connectivity index (χ4v) is 1.96. The van der Waals surface area contributed by atoms with E-state index < -0.39 is 11.6 Å². The molecule has 1 N–H and O–H groups in total. The van der Waals surface area contributed by atoms with Gasteiger partial charge in [0, 0.05) is 24.9 Å². The Hall–Kier alpha value is -1.43. The number of nitrogens with one attached hydrogen (secondary N) is 1. The summed E-state index contributed by atoms with van der Waals surface area (Å²) >= 11 is 3.03. The van der Waals surface area contributed by atoms with E-state index in [-0.39, 0.29) is 16.2 Å². The average molecular weight is 316 g/mol. The molecule has 2 aromatic rings. The molecule has 0 aliphatic heterocycles. The minimum Gasteiger partial charge on any atom is -0.376 e. The van der Waals surface area contributed by atoms with Gasteiger partial charge in [-0.15, -0.1) is 0 Å². The molecule has 0 saturated heterocycles. The fourth-order valence-electron chi connectivity index (χ4n) is 1.61. The normalized spacial score (nSPS) is 12.5. The Kier molecular flexibility index (Phi) is 3.65. The number of nitrogens with zero attached hydrogens (tertiary/aromatic N) is 2. The number of aryl methyl sites for hydroxylation is 1. The van der Waals surface area contributed by atoms with Crippen molar-refractivity contribution in [2.75, 3.05) is 5.32 Å². The summed E-state index contributed by atoms with van der Waals surface area (Å²) in [6.45, 7) is 1.88. The van der Waals surface area contributed by atoms with Gasteiger partial charge in [0.2, 0.25) is 0 Å². The van der Waals surface area contributed by atoms with E-state index in [0.717, 1.165) is 11.6 Å². The van der Waals surface area contributed by atoms with E-state index in [4.69, 9.17) is 0 Å². The molecule has 0 bridgehead atoms. The van der Waals surface area contributed by atoms with E-state index in [1.165, 1.54) is 6.07 Å². The first kappa shape index (κ1) is 13.0. The van der Waals surface area contributed by atoms with Gasteiger partial charge in [0.05, 0.1) is 22.4 Å². The second-order valence-corrected chi connectivity index (χ2v) is 4.91. The van der Waals surface area contributed by atoms with Gasteiger partial charge in [-0.3, -0.25) is 4.68 Å². The maximum absolute atomic E-state index is 13.6. The van der Waals surface area contributed by atoms with Crippen LogP contribution in [0.5, 0.6) is 0 Å². The van der Waals surface area contributed by atoms with E-state index in [9.17, 15) is 8.78 Å². The molecular formula is C12H12BrF2N3. The zero-order valence-electron chi connectivity index (χ0n) is 9.92. The zero-order chi connectivity index (χ0) is 13.3. The van der Waals surface area contributed by atoms with Crippen LogP contribution in [0, 0.1) is 11.6 Å². The highest BCUT2D eigenvalue weighted by Crippen LogP contribution is 2.26. The second kappa shape index (κ2) is 5.06. The van der Waals surface area contributed by atoms with Gasteiger partial charge in [0.25, 0.3) is 0 Å². The van der Waals surface area contributed by atoms with Gasteiger partial charge in [-0.1, -0.05) is 0 Å². The summed E-state index contributed by atoms with van der Waals surface area (Å²) in [5.74, 6) is -1.24. The molecule has 0 aliphatic carbocycles. The molecule has 1 unspecified atom stereocenters. The Balaban J connectivity index is 2.21. The first-order chi connectivity index (χ1) is 8.47. The van der Waals surface area contributed by atoms with Crippen LogP contribution in [0.4, 0.5) is 14.5 Å². The fraction of sp³-hybridized carbons (Fsp3) is 0.250. The molecule has 18 heavy (non-hydrogen) atoms. The zero-order valence-corrected chi connectivity index (χ0v) is 11.5. The van der Waals surface area contributed by atoms with Crippen LogP contribution in [0.25, 0.3) is 0 Å². The van der Waals surface area contributed by atoms with Crippen molar-refractivity contribution in [1.29, 1.82) is 0 Å². The lowest BCUT2D eigenvalue weighted by molar-refractivity contribution is 0.579. The molecule has 6 heteroatoms. The summed E-state index contributed by atoms with van der Waals surface area (Å²) in [7, 11) is 1.81. The first-order valence-electron chi connectivity index (χ1n) is 5.37. The van der Waals surface area contributed by atoms with E-state index in [1.807, 2.05) is 20.2 Å². The van der Waals surface area contributed by atoms with E-state index in [2.05, 4.69) is 26.3 Å². The van der Waals surface area contributed by atoms with Gasteiger partial charge >= 0.3 is 0 Å². The summed E-state index contributed by atoms with van der Waals surface area (Å²) < 4.78 is 28.6. The molecule has 0 fully saturated rings. The molecule has 96 valence electrons. The predicted octanol–water partition coefficient (Wildman–Crippen LogP) is 3.63. The lowest BCUT2D eigenvalue weighted by atomic mass is 10.2. The van der Waals surface area contributed by atoms with E-state index >= 15 is 0 Å². The molecule has 3 nitrogen and oxygen atoms in total. The van der Waals surface area contributed by atoms with Gasteiger partial charge in [-0.05, 0) is 28.9 Å². The minimum atomic E-state index is -0.619. The Morgan fingerprint density at radius 1 is 1.33 bits per heavy atom. The SMILES string of the molecule is CC(Nc1cc(Br)c(F)cc1F)c1cnn(C)c1.